The lowest BCUT2D eigenvalue weighted by molar-refractivity contribution is -0.298. The van der Waals surface area contributed by atoms with Crippen molar-refractivity contribution in [3.05, 3.63) is 24.3 Å². The standard InChI is InChI=1S/C64H123NO11S/c1-3-5-7-9-11-13-15-17-19-20-21-22-23-24-25-26-27-28-29-30-31-32-33-34-35-36-37-38-40-42-44-46-48-50-52-54-60(68)65-57(56-74-64-62(70)63(76-77(71,72)73)61(69)59(55-66)75-64)58(67)53-51-49-47-45-43-41-39-18-16-14-12-10-8-6-4-2/h26-27,51,53,57-59,61-64,66-67,69-70H,3-25,28-50,52,54-56H2,1-2H3,(H,65,68)(H,71,72,73)/b27-26-,53-51+. The summed E-state index contributed by atoms with van der Waals surface area (Å²) in [6.07, 6.45) is 59.7. The highest BCUT2D eigenvalue weighted by molar-refractivity contribution is 7.80. The van der Waals surface area contributed by atoms with Crippen LogP contribution in [0.1, 0.15) is 322 Å². The molecule has 0 aromatic carbocycles. The number of carbonyl (C=O) groups is 1. The molecule has 1 heterocycles. The zero-order valence-corrected chi connectivity index (χ0v) is 50.6. The third-order valence-corrected chi connectivity index (χ3v) is 16.2. The van der Waals surface area contributed by atoms with E-state index in [1.807, 2.05) is 6.08 Å². The van der Waals surface area contributed by atoms with Crippen LogP contribution in [0.5, 0.6) is 0 Å². The van der Waals surface area contributed by atoms with Gasteiger partial charge in [0.1, 0.15) is 24.4 Å². The molecular formula is C64H123NO11S. The van der Waals surface area contributed by atoms with Crippen molar-refractivity contribution >= 4 is 16.3 Å². The molecule has 7 atom stereocenters. The van der Waals surface area contributed by atoms with Crippen LogP contribution >= 0.6 is 0 Å². The molecule has 7 unspecified atom stereocenters. The van der Waals surface area contributed by atoms with Gasteiger partial charge in [-0.3, -0.25) is 9.35 Å². The molecule has 1 fully saturated rings. The normalized spacial score (nSPS) is 19.0. The van der Waals surface area contributed by atoms with E-state index in [0.717, 1.165) is 38.5 Å². The molecule has 456 valence electrons. The summed E-state index contributed by atoms with van der Waals surface area (Å²) in [5.74, 6) is -0.257. The number of hydrogen-bond acceptors (Lipinski definition) is 10. The van der Waals surface area contributed by atoms with Crippen molar-refractivity contribution in [2.24, 2.45) is 0 Å². The van der Waals surface area contributed by atoms with Crippen LogP contribution in [0.25, 0.3) is 0 Å². The number of carbonyl (C=O) groups excluding carboxylic acids is 1. The van der Waals surface area contributed by atoms with E-state index in [9.17, 15) is 38.2 Å². The predicted octanol–water partition coefficient (Wildman–Crippen LogP) is 16.4. The highest BCUT2D eigenvalue weighted by Crippen LogP contribution is 2.26. The maximum atomic E-state index is 13.1. The molecule has 1 rings (SSSR count). The summed E-state index contributed by atoms with van der Waals surface area (Å²) in [4.78, 5) is 13.1. The first-order valence-corrected chi connectivity index (χ1v) is 34.1. The summed E-state index contributed by atoms with van der Waals surface area (Å²) < 4.78 is 47.9. The van der Waals surface area contributed by atoms with E-state index in [4.69, 9.17) is 9.47 Å². The van der Waals surface area contributed by atoms with E-state index in [1.54, 1.807) is 6.08 Å². The molecule has 0 saturated carbocycles. The van der Waals surface area contributed by atoms with Gasteiger partial charge < -0.3 is 35.2 Å². The number of ether oxygens (including phenoxy) is 2. The summed E-state index contributed by atoms with van der Waals surface area (Å²) in [6, 6.07) is -0.942. The van der Waals surface area contributed by atoms with Crippen LogP contribution in [-0.4, -0.2) is 95.4 Å². The van der Waals surface area contributed by atoms with Gasteiger partial charge in [-0.1, -0.05) is 295 Å². The molecular weight excluding hydrogens is 991 g/mol. The SMILES string of the molecule is CCCCCCCCCCCCCCC/C=C/C(O)C(COC1OC(CO)C(O)C(OS(=O)(=O)O)C1O)NC(=O)CCCCCCCCCCCCCCCCCCC/C=C\CCCCCCCCCCCCCCCC. The Morgan fingerprint density at radius 1 is 0.506 bits per heavy atom. The van der Waals surface area contributed by atoms with Crippen molar-refractivity contribution in [2.75, 3.05) is 13.2 Å². The van der Waals surface area contributed by atoms with Crippen LogP contribution in [0.15, 0.2) is 24.3 Å². The van der Waals surface area contributed by atoms with Gasteiger partial charge in [-0.2, -0.15) is 8.42 Å². The molecule has 77 heavy (non-hydrogen) atoms. The number of aliphatic hydroxyl groups excluding tert-OH is 4. The molecule has 0 spiro atoms. The molecule has 0 aromatic heterocycles. The highest BCUT2D eigenvalue weighted by atomic mass is 32.3. The molecule has 1 aliphatic rings. The lowest BCUT2D eigenvalue weighted by atomic mass is 9.99. The smallest absolute Gasteiger partial charge is 0.394 e. The lowest BCUT2D eigenvalue weighted by Crippen LogP contribution is -2.61. The molecule has 13 heteroatoms. The van der Waals surface area contributed by atoms with Gasteiger partial charge in [0.25, 0.3) is 0 Å². The van der Waals surface area contributed by atoms with Crippen LogP contribution in [0, 0.1) is 0 Å². The van der Waals surface area contributed by atoms with Crippen molar-refractivity contribution < 1.29 is 51.8 Å². The van der Waals surface area contributed by atoms with E-state index in [2.05, 4.69) is 35.5 Å². The molecule has 0 aliphatic carbocycles. The van der Waals surface area contributed by atoms with Crippen molar-refractivity contribution in [3.8, 4) is 0 Å². The van der Waals surface area contributed by atoms with Gasteiger partial charge in [0.2, 0.25) is 5.91 Å². The predicted molar refractivity (Wildman–Crippen MR) is 319 cm³/mol. The quantitative estimate of drug-likeness (QED) is 0.0193. The Morgan fingerprint density at radius 2 is 0.831 bits per heavy atom. The summed E-state index contributed by atoms with van der Waals surface area (Å²) in [6.45, 7) is 3.44. The Hall–Kier alpha value is -1.42. The summed E-state index contributed by atoms with van der Waals surface area (Å²) in [5.41, 5.74) is 0. The zero-order valence-electron chi connectivity index (χ0n) is 49.8. The second-order valence-corrected chi connectivity index (χ2v) is 24.1. The molecule has 0 radical (unpaired) electrons. The molecule has 0 aromatic rings. The van der Waals surface area contributed by atoms with Gasteiger partial charge in [0, 0.05) is 6.42 Å². The highest BCUT2D eigenvalue weighted by Gasteiger charge is 2.48. The first kappa shape index (κ1) is 73.6. The fourth-order valence-electron chi connectivity index (χ4n) is 10.7. The summed E-state index contributed by atoms with van der Waals surface area (Å²) in [5, 5.41) is 45.0. The Labute approximate surface area is 473 Å². The molecule has 0 bridgehead atoms. The Kier molecular flexibility index (Phi) is 51.5. The third-order valence-electron chi connectivity index (χ3n) is 15.7. The number of hydrogen-bond donors (Lipinski definition) is 6. The Balaban J connectivity index is 2.19. The number of nitrogens with one attached hydrogen (secondary N) is 1. The fraction of sp³-hybridized carbons (Fsp3) is 0.922. The van der Waals surface area contributed by atoms with E-state index in [-0.39, 0.29) is 18.9 Å². The maximum absolute atomic E-state index is 13.1. The fourth-order valence-corrected chi connectivity index (χ4v) is 11.2. The van der Waals surface area contributed by atoms with Crippen LogP contribution in [0.2, 0.25) is 0 Å². The summed E-state index contributed by atoms with van der Waals surface area (Å²) >= 11 is 0. The van der Waals surface area contributed by atoms with Crippen LogP contribution < -0.4 is 5.32 Å². The van der Waals surface area contributed by atoms with E-state index in [0.29, 0.717) is 6.42 Å². The van der Waals surface area contributed by atoms with Gasteiger partial charge >= 0.3 is 10.4 Å². The third kappa shape index (κ3) is 45.8. The minimum atomic E-state index is -5.09. The van der Waals surface area contributed by atoms with Gasteiger partial charge in [-0.25, -0.2) is 4.18 Å². The first-order chi connectivity index (χ1) is 37.5. The van der Waals surface area contributed by atoms with E-state index in [1.165, 1.54) is 257 Å². The largest absolute Gasteiger partial charge is 0.397 e. The van der Waals surface area contributed by atoms with E-state index >= 15 is 0 Å². The number of rotatable bonds is 58. The molecule has 1 aliphatic heterocycles. The van der Waals surface area contributed by atoms with Crippen LogP contribution in [-0.2, 0) is 28.9 Å². The first-order valence-electron chi connectivity index (χ1n) is 32.7. The number of aliphatic hydroxyl groups is 4. The van der Waals surface area contributed by atoms with Gasteiger partial charge in [0.15, 0.2) is 6.29 Å². The maximum Gasteiger partial charge on any atom is 0.397 e. The minimum Gasteiger partial charge on any atom is -0.394 e. The second kappa shape index (κ2) is 53.9. The van der Waals surface area contributed by atoms with Crippen molar-refractivity contribution in [3.63, 3.8) is 0 Å². The zero-order chi connectivity index (χ0) is 56.1. The Morgan fingerprint density at radius 3 is 1.17 bits per heavy atom. The summed E-state index contributed by atoms with van der Waals surface area (Å²) in [7, 11) is -5.09. The number of allylic oxidation sites excluding steroid dienone is 3. The lowest BCUT2D eigenvalue weighted by Gasteiger charge is -2.41. The van der Waals surface area contributed by atoms with Gasteiger partial charge in [-0.05, 0) is 44.9 Å². The molecule has 6 N–H and O–H groups in total. The molecule has 1 saturated heterocycles. The number of amides is 1. The van der Waals surface area contributed by atoms with Gasteiger partial charge in [-0.15, -0.1) is 0 Å². The van der Waals surface area contributed by atoms with Crippen molar-refractivity contribution in [1.82, 2.24) is 5.32 Å². The topological polar surface area (TPSA) is 192 Å². The minimum absolute atomic E-state index is 0.257. The monoisotopic (exact) mass is 1110 g/mol. The average molecular weight is 1110 g/mol. The van der Waals surface area contributed by atoms with Crippen molar-refractivity contribution in [2.45, 2.75) is 365 Å². The van der Waals surface area contributed by atoms with Gasteiger partial charge in [0.05, 0.1) is 25.4 Å². The van der Waals surface area contributed by atoms with Crippen LogP contribution in [0.3, 0.4) is 0 Å². The Bertz CT molecular complexity index is 1450. The second-order valence-electron chi connectivity index (χ2n) is 23.1. The van der Waals surface area contributed by atoms with Crippen LogP contribution in [0.4, 0.5) is 0 Å². The molecule has 1 amide bonds. The van der Waals surface area contributed by atoms with E-state index < -0.39 is 59.9 Å². The average Bonchev–Trinajstić information content (AvgIpc) is 3.41. The molecule has 12 nitrogen and oxygen atoms in total. The number of unbranched alkanes of at least 4 members (excludes halogenated alkanes) is 44. The van der Waals surface area contributed by atoms with Crippen molar-refractivity contribution in [1.29, 1.82) is 0 Å².